The lowest BCUT2D eigenvalue weighted by Gasteiger charge is -2.29. The maximum atomic E-state index is 14.4. The van der Waals surface area contributed by atoms with Gasteiger partial charge in [-0.3, -0.25) is 19.3 Å². The van der Waals surface area contributed by atoms with Gasteiger partial charge in [-0.2, -0.15) is 0 Å². The minimum absolute atomic E-state index is 0.0929. The van der Waals surface area contributed by atoms with Crippen LogP contribution in [0.4, 0.5) is 4.39 Å². The minimum atomic E-state index is -0.889. The minimum Gasteiger partial charge on any atom is -0.355 e. The van der Waals surface area contributed by atoms with E-state index in [0.29, 0.717) is 32.5 Å². The van der Waals surface area contributed by atoms with Crippen molar-refractivity contribution in [3.05, 3.63) is 82.7 Å². The third-order valence-corrected chi connectivity index (χ3v) is 6.31. The van der Waals surface area contributed by atoms with Gasteiger partial charge in [-0.05, 0) is 63.3 Å². The smallest absolute Gasteiger partial charge is 0.254 e. The average Bonchev–Trinajstić information content (AvgIpc) is 2.86. The molecule has 3 rings (SSSR count). The van der Waals surface area contributed by atoms with Crippen molar-refractivity contribution in [3.63, 3.8) is 0 Å². The highest BCUT2D eigenvalue weighted by Crippen LogP contribution is 2.16. The van der Waals surface area contributed by atoms with Crippen LogP contribution in [0, 0.1) is 5.82 Å². The van der Waals surface area contributed by atoms with Gasteiger partial charge < -0.3 is 16.0 Å². The monoisotopic (exact) mass is 508 g/mol. The molecular formula is C29H37FN4O3. The average molecular weight is 509 g/mol. The summed E-state index contributed by atoms with van der Waals surface area (Å²) in [4.78, 5) is 40.8. The highest BCUT2D eigenvalue weighted by molar-refractivity contribution is 5.97. The number of benzene rings is 2. The second-order valence-corrected chi connectivity index (χ2v) is 9.74. The van der Waals surface area contributed by atoms with E-state index in [1.807, 2.05) is 49.1 Å². The molecule has 2 bridgehead atoms. The largest absolute Gasteiger partial charge is 0.355 e. The van der Waals surface area contributed by atoms with Crippen molar-refractivity contribution < 1.29 is 18.8 Å². The van der Waals surface area contributed by atoms with Crippen LogP contribution in [-0.4, -0.2) is 54.8 Å². The fraction of sp³-hybridized carbons (Fsp3) is 0.414. The van der Waals surface area contributed by atoms with Gasteiger partial charge in [0.2, 0.25) is 11.8 Å². The Kier molecular flexibility index (Phi) is 10.4. The first-order valence-corrected chi connectivity index (χ1v) is 12.8. The molecule has 1 aliphatic heterocycles. The van der Waals surface area contributed by atoms with Crippen molar-refractivity contribution in [2.24, 2.45) is 0 Å². The van der Waals surface area contributed by atoms with E-state index in [9.17, 15) is 18.8 Å². The molecule has 0 saturated carbocycles. The summed E-state index contributed by atoms with van der Waals surface area (Å²) >= 11 is 0. The Labute approximate surface area is 218 Å². The van der Waals surface area contributed by atoms with E-state index >= 15 is 0 Å². The quantitative estimate of drug-likeness (QED) is 0.552. The maximum absolute atomic E-state index is 14.4. The molecule has 0 radical (unpaired) electrons. The van der Waals surface area contributed by atoms with Gasteiger partial charge >= 0.3 is 0 Å². The highest BCUT2D eigenvalue weighted by Gasteiger charge is 2.25. The van der Waals surface area contributed by atoms with Gasteiger partial charge in [-0.25, -0.2) is 4.39 Å². The standard InChI is InChI=1S/C29H37FN4O3/c1-20(2)9-8-16-34-18-26(23-11-5-4-6-12-23)33-28(36)21(3)32-29(37)24-17-22(13-14-25(24)30)10-7-15-31-27(35)19-34/h4-6,9,11-14,17,21,26H,7-8,10,15-16,18-19H2,1-3H3,(H,31,35)(H,32,37)(H,33,36)/t21-,26-/m1/s1. The van der Waals surface area contributed by atoms with Crippen LogP contribution in [-0.2, 0) is 16.0 Å². The zero-order valence-corrected chi connectivity index (χ0v) is 21.9. The summed E-state index contributed by atoms with van der Waals surface area (Å²) in [6, 6.07) is 12.6. The SMILES string of the molecule is CC(C)=CCCN1CC(=O)NCCCc2ccc(F)c(c2)C(=O)N[C@H](C)C(=O)N[C@@H](c2ccccc2)C1. The van der Waals surface area contributed by atoms with E-state index in [1.54, 1.807) is 13.0 Å². The Hall–Kier alpha value is -3.52. The molecule has 198 valence electrons. The second kappa shape index (κ2) is 13.7. The van der Waals surface area contributed by atoms with Gasteiger partial charge in [-0.1, -0.05) is 48.0 Å². The van der Waals surface area contributed by atoms with Crippen LogP contribution in [0.2, 0.25) is 0 Å². The molecule has 0 unspecified atom stereocenters. The number of hydrogen-bond donors (Lipinski definition) is 3. The summed E-state index contributed by atoms with van der Waals surface area (Å²) in [5.41, 5.74) is 2.77. The van der Waals surface area contributed by atoms with Crippen molar-refractivity contribution in [2.45, 2.75) is 52.1 Å². The summed E-state index contributed by atoms with van der Waals surface area (Å²) in [6.07, 6.45) is 4.14. The zero-order valence-electron chi connectivity index (χ0n) is 21.9. The molecule has 0 spiro atoms. The first-order chi connectivity index (χ1) is 17.7. The molecule has 2 aromatic carbocycles. The van der Waals surface area contributed by atoms with Crippen molar-refractivity contribution in [3.8, 4) is 0 Å². The second-order valence-electron chi connectivity index (χ2n) is 9.74. The summed E-state index contributed by atoms with van der Waals surface area (Å²) in [5.74, 6) is -1.77. The van der Waals surface area contributed by atoms with Crippen LogP contribution in [0.25, 0.3) is 0 Å². The van der Waals surface area contributed by atoms with Crippen LogP contribution in [0.3, 0.4) is 0 Å². The number of nitrogens with one attached hydrogen (secondary N) is 3. The number of rotatable bonds is 4. The van der Waals surface area contributed by atoms with Crippen molar-refractivity contribution in [1.29, 1.82) is 0 Å². The van der Waals surface area contributed by atoms with Gasteiger partial charge in [0.25, 0.3) is 5.91 Å². The summed E-state index contributed by atoms with van der Waals surface area (Å²) in [7, 11) is 0. The lowest BCUT2D eigenvalue weighted by atomic mass is 10.0. The molecule has 2 aromatic rings. The Morgan fingerprint density at radius 1 is 1.08 bits per heavy atom. The topological polar surface area (TPSA) is 90.5 Å². The molecule has 7 nitrogen and oxygen atoms in total. The molecule has 1 aliphatic rings. The van der Waals surface area contributed by atoms with Crippen LogP contribution in [0.5, 0.6) is 0 Å². The van der Waals surface area contributed by atoms with E-state index in [0.717, 1.165) is 17.5 Å². The number of fused-ring (bicyclic) bond motifs is 2. The van der Waals surface area contributed by atoms with E-state index in [1.165, 1.54) is 17.7 Å². The zero-order chi connectivity index (χ0) is 26.8. The lowest BCUT2D eigenvalue weighted by molar-refractivity contribution is -0.123. The molecule has 37 heavy (non-hydrogen) atoms. The number of hydrogen-bond acceptors (Lipinski definition) is 4. The molecule has 1 heterocycles. The Bertz CT molecular complexity index is 1120. The van der Waals surface area contributed by atoms with E-state index in [2.05, 4.69) is 22.0 Å². The third kappa shape index (κ3) is 8.82. The Morgan fingerprint density at radius 2 is 1.84 bits per heavy atom. The van der Waals surface area contributed by atoms with Crippen molar-refractivity contribution in [2.75, 3.05) is 26.2 Å². The fourth-order valence-corrected chi connectivity index (χ4v) is 4.27. The van der Waals surface area contributed by atoms with Crippen molar-refractivity contribution >= 4 is 17.7 Å². The number of aryl methyl sites for hydroxylation is 1. The molecule has 0 aliphatic carbocycles. The molecule has 0 saturated heterocycles. The predicted octanol–water partition coefficient (Wildman–Crippen LogP) is 3.52. The normalized spacial score (nSPS) is 20.3. The van der Waals surface area contributed by atoms with Crippen molar-refractivity contribution in [1.82, 2.24) is 20.9 Å². The van der Waals surface area contributed by atoms with E-state index in [4.69, 9.17) is 0 Å². The molecule has 0 aromatic heterocycles. The van der Waals surface area contributed by atoms with Crippen LogP contribution in [0.1, 0.15) is 61.1 Å². The van der Waals surface area contributed by atoms with Gasteiger partial charge in [0, 0.05) is 19.6 Å². The molecule has 0 fully saturated rings. The first-order valence-electron chi connectivity index (χ1n) is 12.8. The summed E-state index contributed by atoms with van der Waals surface area (Å²) in [5, 5.41) is 8.63. The summed E-state index contributed by atoms with van der Waals surface area (Å²) < 4.78 is 14.4. The molecular weight excluding hydrogens is 471 g/mol. The Balaban J connectivity index is 1.89. The Morgan fingerprint density at radius 3 is 2.57 bits per heavy atom. The van der Waals surface area contributed by atoms with Gasteiger partial charge in [0.05, 0.1) is 18.2 Å². The fourth-order valence-electron chi connectivity index (χ4n) is 4.27. The van der Waals surface area contributed by atoms with Gasteiger partial charge in [0.1, 0.15) is 11.9 Å². The number of amides is 3. The molecule has 3 N–H and O–H groups in total. The van der Waals surface area contributed by atoms with E-state index < -0.39 is 29.7 Å². The maximum Gasteiger partial charge on any atom is 0.254 e. The van der Waals surface area contributed by atoms with Gasteiger partial charge in [-0.15, -0.1) is 0 Å². The molecule has 8 heteroatoms. The third-order valence-electron chi connectivity index (χ3n) is 6.31. The number of carbonyl (C=O) groups is 3. The number of nitrogens with zero attached hydrogens (tertiary/aromatic N) is 1. The predicted molar refractivity (Wildman–Crippen MR) is 142 cm³/mol. The first kappa shape index (κ1) is 28.1. The van der Waals surface area contributed by atoms with E-state index in [-0.39, 0.29) is 18.0 Å². The van der Waals surface area contributed by atoms with Crippen LogP contribution < -0.4 is 16.0 Å². The van der Waals surface area contributed by atoms with Crippen LogP contribution in [0.15, 0.2) is 60.2 Å². The number of halogens is 1. The highest BCUT2D eigenvalue weighted by atomic mass is 19.1. The van der Waals surface area contributed by atoms with Gasteiger partial charge in [0.15, 0.2) is 0 Å². The molecule has 2 atom stereocenters. The number of allylic oxidation sites excluding steroid dienone is 1. The number of carbonyl (C=O) groups excluding carboxylic acids is 3. The van der Waals surface area contributed by atoms with Crippen LogP contribution >= 0.6 is 0 Å². The summed E-state index contributed by atoms with van der Waals surface area (Å²) in [6.45, 7) is 7.37. The lowest BCUT2D eigenvalue weighted by Crippen LogP contribution is -2.49. The molecule has 3 amide bonds.